The molecule has 4 nitrogen and oxygen atoms in total. The number of rotatable bonds is 3. The van der Waals surface area contributed by atoms with Crippen LogP contribution in [-0.4, -0.2) is 24.0 Å². The maximum absolute atomic E-state index is 9.95. The van der Waals surface area contributed by atoms with E-state index in [-0.39, 0.29) is 11.8 Å². The molecule has 6 heteroatoms. The van der Waals surface area contributed by atoms with Gasteiger partial charge in [-0.2, -0.15) is 5.26 Å². The van der Waals surface area contributed by atoms with Crippen molar-refractivity contribution in [2.45, 2.75) is 25.8 Å². The lowest BCUT2D eigenvalue weighted by Crippen LogP contribution is -2.41. The van der Waals surface area contributed by atoms with Gasteiger partial charge in [0.25, 0.3) is 0 Å². The number of benzene rings is 2. The third-order valence-corrected chi connectivity index (χ3v) is 7.19. The van der Waals surface area contributed by atoms with Crippen molar-refractivity contribution in [1.29, 1.82) is 5.26 Å². The molecule has 0 radical (unpaired) electrons. The molecule has 1 atom stereocenters. The molecule has 0 bridgehead atoms. The zero-order chi connectivity index (χ0) is 22.1. The standard InChI is InChI=1S/C25H23Br2N3O/c1-15(2)30-13-17(11-16-7-3-5-9-21(16)26)24-20(14-30)23(19(12-28)25(29)31-24)18-8-4-6-10-22(18)27/h3-11,15,23H,13-14,29H2,1-2H3/b17-11+/t23-/m1/s1. The van der Waals surface area contributed by atoms with Gasteiger partial charge in [0, 0.05) is 33.6 Å². The summed E-state index contributed by atoms with van der Waals surface area (Å²) in [6.07, 6.45) is 2.15. The third-order valence-electron chi connectivity index (χ3n) is 5.75. The summed E-state index contributed by atoms with van der Waals surface area (Å²) < 4.78 is 8.10. The maximum atomic E-state index is 9.95. The molecule has 0 saturated carbocycles. The van der Waals surface area contributed by atoms with E-state index in [0.717, 1.165) is 43.5 Å². The van der Waals surface area contributed by atoms with E-state index in [1.54, 1.807) is 0 Å². The molecule has 2 heterocycles. The molecule has 2 aliphatic rings. The van der Waals surface area contributed by atoms with E-state index in [1.165, 1.54) is 0 Å². The molecule has 2 aliphatic heterocycles. The second kappa shape index (κ2) is 9.04. The van der Waals surface area contributed by atoms with E-state index in [0.29, 0.717) is 18.2 Å². The van der Waals surface area contributed by atoms with E-state index in [4.69, 9.17) is 10.5 Å². The Morgan fingerprint density at radius 1 is 1.10 bits per heavy atom. The van der Waals surface area contributed by atoms with E-state index in [2.05, 4.69) is 68.8 Å². The number of nitriles is 1. The van der Waals surface area contributed by atoms with Crippen molar-refractivity contribution in [3.63, 3.8) is 0 Å². The summed E-state index contributed by atoms with van der Waals surface area (Å²) >= 11 is 7.32. The molecule has 0 spiro atoms. The molecular weight excluding hydrogens is 518 g/mol. The van der Waals surface area contributed by atoms with Crippen LogP contribution in [0.2, 0.25) is 0 Å². The first kappa shape index (κ1) is 21.9. The number of hydrogen-bond donors (Lipinski definition) is 1. The lowest BCUT2D eigenvalue weighted by Gasteiger charge is -2.40. The van der Waals surface area contributed by atoms with Crippen molar-refractivity contribution in [3.8, 4) is 6.07 Å². The summed E-state index contributed by atoms with van der Waals surface area (Å²) in [4.78, 5) is 2.39. The van der Waals surface area contributed by atoms with Gasteiger partial charge in [-0.1, -0.05) is 68.3 Å². The lowest BCUT2D eigenvalue weighted by molar-refractivity contribution is 0.208. The molecular formula is C25H23Br2N3O. The molecule has 0 fully saturated rings. The van der Waals surface area contributed by atoms with Crippen molar-refractivity contribution in [2.75, 3.05) is 13.1 Å². The van der Waals surface area contributed by atoms with Gasteiger partial charge in [0.05, 0.1) is 5.92 Å². The van der Waals surface area contributed by atoms with Crippen LogP contribution in [0.1, 0.15) is 30.9 Å². The van der Waals surface area contributed by atoms with Gasteiger partial charge in [-0.15, -0.1) is 0 Å². The van der Waals surface area contributed by atoms with E-state index < -0.39 is 0 Å². The maximum Gasteiger partial charge on any atom is 0.205 e. The fourth-order valence-electron chi connectivity index (χ4n) is 4.11. The van der Waals surface area contributed by atoms with Crippen molar-refractivity contribution < 1.29 is 4.74 Å². The Labute approximate surface area is 199 Å². The number of nitrogens with two attached hydrogens (primary N) is 1. The van der Waals surface area contributed by atoms with Gasteiger partial charge in [0.2, 0.25) is 5.88 Å². The fourth-order valence-corrected chi connectivity index (χ4v) is 5.02. The van der Waals surface area contributed by atoms with Gasteiger partial charge in [0.1, 0.15) is 17.4 Å². The molecule has 2 aromatic rings. The first-order valence-corrected chi connectivity index (χ1v) is 11.7. The monoisotopic (exact) mass is 539 g/mol. The molecule has 31 heavy (non-hydrogen) atoms. The van der Waals surface area contributed by atoms with Crippen LogP contribution in [0.5, 0.6) is 0 Å². The van der Waals surface area contributed by atoms with Crippen LogP contribution in [0.4, 0.5) is 0 Å². The lowest BCUT2D eigenvalue weighted by atomic mass is 9.80. The summed E-state index contributed by atoms with van der Waals surface area (Å²) in [5, 5.41) is 9.95. The highest BCUT2D eigenvalue weighted by molar-refractivity contribution is 9.10. The average Bonchev–Trinajstić information content (AvgIpc) is 2.75. The van der Waals surface area contributed by atoms with Crippen molar-refractivity contribution in [1.82, 2.24) is 4.90 Å². The number of nitrogens with zero attached hydrogens (tertiary/aromatic N) is 2. The second-order valence-corrected chi connectivity index (χ2v) is 9.70. The Morgan fingerprint density at radius 3 is 2.42 bits per heavy atom. The molecule has 4 rings (SSSR count). The van der Waals surface area contributed by atoms with E-state index in [1.807, 2.05) is 42.5 Å². The summed E-state index contributed by atoms with van der Waals surface area (Å²) in [5.41, 5.74) is 11.0. The fraction of sp³-hybridized carbons (Fsp3) is 0.240. The Balaban J connectivity index is 1.93. The van der Waals surface area contributed by atoms with Crippen LogP contribution in [0.25, 0.3) is 6.08 Å². The minimum Gasteiger partial charge on any atom is -0.440 e. The van der Waals surface area contributed by atoms with E-state index >= 15 is 0 Å². The minimum atomic E-state index is -0.256. The molecule has 0 aliphatic carbocycles. The zero-order valence-electron chi connectivity index (χ0n) is 17.4. The molecule has 0 saturated heterocycles. The Morgan fingerprint density at radius 2 is 1.77 bits per heavy atom. The van der Waals surface area contributed by atoms with Gasteiger partial charge in [-0.05, 0) is 48.8 Å². The summed E-state index contributed by atoms with van der Waals surface area (Å²) in [5.74, 6) is 0.705. The van der Waals surface area contributed by atoms with Crippen molar-refractivity contribution in [3.05, 3.63) is 97.0 Å². The molecule has 0 amide bonds. The Hall–Kier alpha value is -2.33. The topological polar surface area (TPSA) is 62.3 Å². The molecule has 158 valence electrons. The van der Waals surface area contributed by atoms with E-state index in [9.17, 15) is 5.26 Å². The largest absolute Gasteiger partial charge is 0.440 e. The SMILES string of the molecule is CC(C)N1CC2=C(OC(N)=C(C#N)[C@H]2c2ccccc2Br)/C(=C/c2ccccc2Br)C1. The predicted molar refractivity (Wildman–Crippen MR) is 131 cm³/mol. The van der Waals surface area contributed by atoms with Crippen LogP contribution in [-0.2, 0) is 4.74 Å². The van der Waals surface area contributed by atoms with Gasteiger partial charge in [-0.25, -0.2) is 0 Å². The molecule has 0 aromatic heterocycles. The summed E-state index contributed by atoms with van der Waals surface area (Å²) in [7, 11) is 0. The summed E-state index contributed by atoms with van der Waals surface area (Å²) in [6, 6.07) is 18.8. The third kappa shape index (κ3) is 4.23. The highest BCUT2D eigenvalue weighted by Gasteiger charge is 2.38. The average molecular weight is 541 g/mol. The van der Waals surface area contributed by atoms with Crippen LogP contribution in [0.3, 0.4) is 0 Å². The second-order valence-electron chi connectivity index (χ2n) is 7.99. The van der Waals surface area contributed by atoms with Gasteiger partial charge in [0.15, 0.2) is 0 Å². The summed E-state index contributed by atoms with van der Waals surface area (Å²) in [6.45, 7) is 5.84. The minimum absolute atomic E-state index is 0.179. The number of allylic oxidation sites excluding steroid dienone is 1. The van der Waals surface area contributed by atoms with Crippen molar-refractivity contribution in [2.24, 2.45) is 5.73 Å². The highest BCUT2D eigenvalue weighted by atomic mass is 79.9. The van der Waals surface area contributed by atoms with Gasteiger partial charge < -0.3 is 10.5 Å². The zero-order valence-corrected chi connectivity index (χ0v) is 20.6. The van der Waals surface area contributed by atoms with Crippen LogP contribution >= 0.6 is 31.9 Å². The van der Waals surface area contributed by atoms with Crippen molar-refractivity contribution >= 4 is 37.9 Å². The normalized spacial score (nSPS) is 20.6. The number of hydrogen-bond acceptors (Lipinski definition) is 4. The van der Waals surface area contributed by atoms with Gasteiger partial charge in [-0.3, -0.25) is 4.90 Å². The first-order valence-electron chi connectivity index (χ1n) is 10.1. The van der Waals surface area contributed by atoms with Gasteiger partial charge >= 0.3 is 0 Å². The highest BCUT2D eigenvalue weighted by Crippen LogP contribution is 2.45. The quantitative estimate of drug-likeness (QED) is 0.512. The van der Waals surface area contributed by atoms with Crippen LogP contribution < -0.4 is 5.73 Å². The Kier molecular flexibility index (Phi) is 6.38. The Bertz CT molecular complexity index is 1160. The van der Waals surface area contributed by atoms with Crippen LogP contribution in [0, 0.1) is 11.3 Å². The molecule has 2 aromatic carbocycles. The smallest absolute Gasteiger partial charge is 0.205 e. The predicted octanol–water partition coefficient (Wildman–Crippen LogP) is 6.08. The molecule has 2 N–H and O–H groups in total. The molecule has 0 unspecified atom stereocenters. The number of halogens is 2. The van der Waals surface area contributed by atoms with Crippen LogP contribution in [0.15, 0.2) is 85.8 Å². The number of ether oxygens (including phenoxy) is 1. The first-order chi connectivity index (χ1) is 14.9.